The molecule has 0 aliphatic carbocycles. The molecule has 4 nitrogen and oxygen atoms in total. The van der Waals surface area contributed by atoms with Crippen LogP contribution >= 0.6 is 0 Å². The molecule has 0 spiro atoms. The van der Waals surface area contributed by atoms with Gasteiger partial charge in [-0.25, -0.2) is 0 Å². The minimum atomic E-state index is 0.638. The smallest absolute Gasteiger partial charge is 0.0112 e. The van der Waals surface area contributed by atoms with Crippen molar-refractivity contribution in [3.8, 4) is 0 Å². The maximum absolute atomic E-state index is 3.59. The normalized spacial score (nSPS) is 18.9. The highest BCUT2D eigenvalue weighted by atomic mass is 15.3. The molecule has 0 aromatic carbocycles. The molecule has 0 radical (unpaired) electrons. The van der Waals surface area contributed by atoms with Crippen molar-refractivity contribution in [1.29, 1.82) is 0 Å². The van der Waals surface area contributed by atoms with E-state index in [0.717, 1.165) is 19.6 Å². The summed E-state index contributed by atoms with van der Waals surface area (Å²) in [5.74, 6) is 0. The molecule has 1 aliphatic heterocycles. The van der Waals surface area contributed by atoms with Gasteiger partial charge in [-0.15, -0.1) is 0 Å². The fourth-order valence-corrected chi connectivity index (χ4v) is 2.75. The van der Waals surface area contributed by atoms with E-state index in [4.69, 9.17) is 0 Å². The Kier molecular flexibility index (Phi) is 7.91. The van der Waals surface area contributed by atoms with E-state index in [-0.39, 0.29) is 0 Å². The van der Waals surface area contributed by atoms with E-state index in [2.05, 4.69) is 54.8 Å². The first-order valence-electron chi connectivity index (χ1n) is 7.88. The Balaban J connectivity index is 2.04. The molecule has 0 unspecified atom stereocenters. The zero-order chi connectivity index (χ0) is 14.3. The number of nitrogens with one attached hydrogen (secondary N) is 1. The van der Waals surface area contributed by atoms with Crippen LogP contribution in [0, 0.1) is 0 Å². The van der Waals surface area contributed by atoms with Gasteiger partial charge in [-0.2, -0.15) is 0 Å². The van der Waals surface area contributed by atoms with Crippen LogP contribution in [0.2, 0.25) is 0 Å². The lowest BCUT2D eigenvalue weighted by molar-refractivity contribution is 0.151. The standard InChI is InChI=1S/C15H34N4/c1-14(2)19(15(3)4)9-7-16-6-8-18-12-10-17(5)11-13-18/h14-16H,6-13H2,1-5H3. The van der Waals surface area contributed by atoms with Crippen LogP contribution in [0.1, 0.15) is 27.7 Å². The molecule has 1 heterocycles. The summed E-state index contributed by atoms with van der Waals surface area (Å²) in [6.45, 7) is 18.6. The third-order valence-corrected chi connectivity index (χ3v) is 4.07. The lowest BCUT2D eigenvalue weighted by Gasteiger charge is -2.33. The summed E-state index contributed by atoms with van der Waals surface area (Å²) in [6.07, 6.45) is 0. The third-order valence-electron chi connectivity index (χ3n) is 4.07. The highest BCUT2D eigenvalue weighted by Crippen LogP contribution is 2.03. The van der Waals surface area contributed by atoms with E-state index >= 15 is 0 Å². The fraction of sp³-hybridized carbons (Fsp3) is 1.00. The van der Waals surface area contributed by atoms with Crippen LogP contribution in [0.4, 0.5) is 0 Å². The zero-order valence-corrected chi connectivity index (χ0v) is 13.7. The van der Waals surface area contributed by atoms with Crippen molar-refractivity contribution in [2.45, 2.75) is 39.8 Å². The Bertz CT molecular complexity index is 214. The van der Waals surface area contributed by atoms with Crippen molar-refractivity contribution in [3.63, 3.8) is 0 Å². The second-order valence-corrected chi connectivity index (χ2v) is 6.32. The summed E-state index contributed by atoms with van der Waals surface area (Å²) in [4.78, 5) is 7.52. The summed E-state index contributed by atoms with van der Waals surface area (Å²) >= 11 is 0. The van der Waals surface area contributed by atoms with Crippen molar-refractivity contribution in [2.24, 2.45) is 0 Å². The maximum atomic E-state index is 3.59. The molecule has 4 heteroatoms. The van der Waals surface area contributed by atoms with Crippen LogP contribution in [0.5, 0.6) is 0 Å². The van der Waals surface area contributed by atoms with Gasteiger partial charge in [0.1, 0.15) is 0 Å². The van der Waals surface area contributed by atoms with Crippen LogP contribution in [0.15, 0.2) is 0 Å². The van der Waals surface area contributed by atoms with Gasteiger partial charge in [-0.3, -0.25) is 9.80 Å². The van der Waals surface area contributed by atoms with Crippen molar-refractivity contribution in [2.75, 3.05) is 59.4 Å². The van der Waals surface area contributed by atoms with Crippen LogP contribution < -0.4 is 5.32 Å². The highest BCUT2D eigenvalue weighted by Gasteiger charge is 2.14. The number of nitrogens with zero attached hydrogens (tertiary/aromatic N) is 3. The fourth-order valence-electron chi connectivity index (χ4n) is 2.75. The predicted molar refractivity (Wildman–Crippen MR) is 83.8 cm³/mol. The molecule has 114 valence electrons. The topological polar surface area (TPSA) is 21.8 Å². The highest BCUT2D eigenvalue weighted by molar-refractivity contribution is 4.71. The molecule has 0 saturated carbocycles. The minimum Gasteiger partial charge on any atom is -0.314 e. The van der Waals surface area contributed by atoms with Crippen molar-refractivity contribution in [1.82, 2.24) is 20.0 Å². The van der Waals surface area contributed by atoms with Crippen molar-refractivity contribution >= 4 is 0 Å². The largest absolute Gasteiger partial charge is 0.314 e. The van der Waals surface area contributed by atoms with E-state index in [1.165, 1.54) is 32.7 Å². The molecule has 1 aliphatic rings. The van der Waals surface area contributed by atoms with Gasteiger partial charge in [-0.05, 0) is 34.7 Å². The molecular weight excluding hydrogens is 236 g/mol. The number of hydrogen-bond donors (Lipinski definition) is 1. The second-order valence-electron chi connectivity index (χ2n) is 6.32. The van der Waals surface area contributed by atoms with Crippen molar-refractivity contribution in [3.05, 3.63) is 0 Å². The molecule has 0 atom stereocenters. The van der Waals surface area contributed by atoms with E-state index in [9.17, 15) is 0 Å². The van der Waals surface area contributed by atoms with Gasteiger partial charge < -0.3 is 10.2 Å². The molecule has 19 heavy (non-hydrogen) atoms. The summed E-state index contributed by atoms with van der Waals surface area (Å²) in [6, 6.07) is 1.28. The minimum absolute atomic E-state index is 0.638. The van der Waals surface area contributed by atoms with Crippen LogP contribution in [-0.2, 0) is 0 Å². The van der Waals surface area contributed by atoms with Gasteiger partial charge in [0, 0.05) is 64.4 Å². The average molecular weight is 270 g/mol. The second kappa shape index (κ2) is 8.90. The molecule has 0 bridgehead atoms. The predicted octanol–water partition coefficient (Wildman–Crippen LogP) is 0.942. The molecule has 0 amide bonds. The quantitative estimate of drug-likeness (QED) is 0.663. The SMILES string of the molecule is CC(C)N(CCNCCN1CCN(C)CC1)C(C)C. The van der Waals surface area contributed by atoms with Crippen LogP contribution in [0.25, 0.3) is 0 Å². The molecule has 1 N–H and O–H groups in total. The summed E-state index contributed by atoms with van der Waals surface area (Å²) in [7, 11) is 2.21. The molecule has 0 aromatic heterocycles. The monoisotopic (exact) mass is 270 g/mol. The Morgan fingerprint density at radius 2 is 1.53 bits per heavy atom. The number of hydrogen-bond acceptors (Lipinski definition) is 4. The number of rotatable bonds is 8. The van der Waals surface area contributed by atoms with Gasteiger partial charge in [0.2, 0.25) is 0 Å². The van der Waals surface area contributed by atoms with Gasteiger partial charge in [0.05, 0.1) is 0 Å². The van der Waals surface area contributed by atoms with E-state index in [0.29, 0.717) is 12.1 Å². The Morgan fingerprint density at radius 3 is 2.05 bits per heavy atom. The van der Waals surface area contributed by atoms with Crippen molar-refractivity contribution < 1.29 is 0 Å². The lowest BCUT2D eigenvalue weighted by Crippen LogP contribution is -2.47. The summed E-state index contributed by atoms with van der Waals surface area (Å²) in [5.41, 5.74) is 0. The summed E-state index contributed by atoms with van der Waals surface area (Å²) < 4.78 is 0. The first kappa shape index (κ1) is 16.9. The molecule has 1 fully saturated rings. The van der Waals surface area contributed by atoms with Crippen LogP contribution in [0.3, 0.4) is 0 Å². The Morgan fingerprint density at radius 1 is 0.947 bits per heavy atom. The first-order chi connectivity index (χ1) is 9.00. The third kappa shape index (κ3) is 6.70. The van der Waals surface area contributed by atoms with Gasteiger partial charge >= 0.3 is 0 Å². The number of piperazine rings is 1. The first-order valence-corrected chi connectivity index (χ1v) is 7.88. The van der Waals surface area contributed by atoms with E-state index in [1.807, 2.05) is 0 Å². The molecule has 1 saturated heterocycles. The van der Waals surface area contributed by atoms with E-state index in [1.54, 1.807) is 0 Å². The summed E-state index contributed by atoms with van der Waals surface area (Å²) in [5, 5.41) is 3.59. The average Bonchev–Trinajstić information content (AvgIpc) is 2.34. The molecule has 0 aromatic rings. The van der Waals surface area contributed by atoms with Crippen LogP contribution in [-0.4, -0.2) is 86.2 Å². The molecular formula is C15H34N4. The van der Waals surface area contributed by atoms with Gasteiger partial charge in [0.15, 0.2) is 0 Å². The zero-order valence-electron chi connectivity index (χ0n) is 13.7. The Labute approximate surface area is 120 Å². The van der Waals surface area contributed by atoms with Gasteiger partial charge in [-0.1, -0.05) is 0 Å². The maximum Gasteiger partial charge on any atom is 0.0112 e. The van der Waals surface area contributed by atoms with Gasteiger partial charge in [0.25, 0.3) is 0 Å². The lowest BCUT2D eigenvalue weighted by atomic mass is 10.2. The number of likely N-dealkylation sites (N-methyl/N-ethyl adjacent to an activating group) is 1. The molecule has 1 rings (SSSR count). The Hall–Kier alpha value is -0.160. The van der Waals surface area contributed by atoms with E-state index < -0.39 is 0 Å².